The Hall–Kier alpha value is -1.39. The van der Waals surface area contributed by atoms with E-state index in [4.69, 9.17) is 11.6 Å². The van der Waals surface area contributed by atoms with Crippen molar-refractivity contribution in [1.82, 2.24) is 0 Å². The third kappa shape index (κ3) is 2.65. The zero-order valence-electron chi connectivity index (χ0n) is 8.56. The van der Waals surface area contributed by atoms with Crippen molar-refractivity contribution in [3.63, 3.8) is 0 Å². The van der Waals surface area contributed by atoms with Crippen LogP contribution in [0.2, 0.25) is 5.02 Å². The van der Waals surface area contributed by atoms with Gasteiger partial charge in [0.05, 0.1) is 10.5 Å². The first-order valence-corrected chi connectivity index (χ1v) is 5.95. The molecule has 2 aromatic rings. The third-order valence-electron chi connectivity index (χ3n) is 2.31. The zero-order valence-corrected chi connectivity index (χ0v) is 10.9. The molecule has 0 aliphatic heterocycles. The Morgan fingerprint density at radius 1 is 1.12 bits per heavy atom. The molecule has 5 heteroatoms. The van der Waals surface area contributed by atoms with Gasteiger partial charge in [-0.25, -0.2) is 0 Å². The Kier molecular flexibility index (Phi) is 3.45. The number of nitro benzene ring substituents is 1. The molecular weight excluding hydrogens is 305 g/mol. The first-order chi connectivity index (χ1) is 8.08. The van der Waals surface area contributed by atoms with Crippen molar-refractivity contribution in [1.29, 1.82) is 0 Å². The Labute approximate surface area is 111 Å². The van der Waals surface area contributed by atoms with E-state index in [0.717, 1.165) is 10.0 Å². The predicted molar refractivity (Wildman–Crippen MR) is 71.2 cm³/mol. The minimum Gasteiger partial charge on any atom is -0.258 e. The van der Waals surface area contributed by atoms with Crippen LogP contribution in [0.5, 0.6) is 0 Å². The summed E-state index contributed by atoms with van der Waals surface area (Å²) in [6.45, 7) is 0. The second-order valence-corrected chi connectivity index (χ2v) is 4.78. The molecule has 0 amide bonds. The molecule has 0 saturated heterocycles. The molecule has 0 radical (unpaired) electrons. The van der Waals surface area contributed by atoms with Crippen molar-refractivity contribution in [2.24, 2.45) is 0 Å². The van der Waals surface area contributed by atoms with E-state index in [2.05, 4.69) is 15.9 Å². The highest BCUT2D eigenvalue weighted by molar-refractivity contribution is 9.10. The average molecular weight is 313 g/mol. The third-order valence-corrected chi connectivity index (χ3v) is 3.07. The van der Waals surface area contributed by atoms with Crippen LogP contribution in [0, 0.1) is 10.1 Å². The normalized spacial score (nSPS) is 10.2. The van der Waals surface area contributed by atoms with Gasteiger partial charge in [0.1, 0.15) is 0 Å². The summed E-state index contributed by atoms with van der Waals surface area (Å²) in [5.74, 6) is 0. The second kappa shape index (κ2) is 4.85. The number of benzene rings is 2. The lowest BCUT2D eigenvalue weighted by molar-refractivity contribution is -0.384. The highest BCUT2D eigenvalue weighted by Gasteiger charge is 2.15. The van der Waals surface area contributed by atoms with Crippen LogP contribution >= 0.6 is 27.5 Å². The van der Waals surface area contributed by atoms with E-state index < -0.39 is 4.92 Å². The molecule has 2 aromatic carbocycles. The SMILES string of the molecule is O=[N+]([O-])c1ccc(Cl)cc1-c1ccc(Br)cc1. The van der Waals surface area contributed by atoms with E-state index in [1.165, 1.54) is 12.1 Å². The Balaban J connectivity index is 2.60. The van der Waals surface area contributed by atoms with Crippen LogP contribution in [0.4, 0.5) is 5.69 Å². The number of hydrogen-bond acceptors (Lipinski definition) is 2. The van der Waals surface area contributed by atoms with E-state index in [-0.39, 0.29) is 5.69 Å². The fourth-order valence-corrected chi connectivity index (χ4v) is 1.96. The van der Waals surface area contributed by atoms with Gasteiger partial charge in [0.15, 0.2) is 0 Å². The molecule has 0 bridgehead atoms. The molecule has 0 atom stereocenters. The molecule has 0 N–H and O–H groups in total. The van der Waals surface area contributed by atoms with Crippen LogP contribution in [-0.4, -0.2) is 4.92 Å². The van der Waals surface area contributed by atoms with Gasteiger partial charge in [0.25, 0.3) is 5.69 Å². The van der Waals surface area contributed by atoms with Gasteiger partial charge in [-0.05, 0) is 29.8 Å². The maximum atomic E-state index is 10.9. The molecule has 0 aliphatic carbocycles. The lowest BCUT2D eigenvalue weighted by Crippen LogP contribution is -1.91. The highest BCUT2D eigenvalue weighted by Crippen LogP contribution is 2.32. The van der Waals surface area contributed by atoms with Crippen LogP contribution in [0.3, 0.4) is 0 Å². The lowest BCUT2D eigenvalue weighted by atomic mass is 10.0. The summed E-state index contributed by atoms with van der Waals surface area (Å²) >= 11 is 9.19. The first-order valence-electron chi connectivity index (χ1n) is 4.78. The van der Waals surface area contributed by atoms with Gasteiger partial charge < -0.3 is 0 Å². The van der Waals surface area contributed by atoms with Crippen molar-refractivity contribution in [3.8, 4) is 11.1 Å². The molecule has 3 nitrogen and oxygen atoms in total. The van der Waals surface area contributed by atoms with Gasteiger partial charge in [0.2, 0.25) is 0 Å². The van der Waals surface area contributed by atoms with Gasteiger partial charge in [-0.3, -0.25) is 10.1 Å². The molecule has 86 valence electrons. The number of nitrogens with zero attached hydrogens (tertiary/aromatic N) is 1. The topological polar surface area (TPSA) is 43.1 Å². The largest absolute Gasteiger partial charge is 0.277 e. The summed E-state index contributed by atoms with van der Waals surface area (Å²) in [7, 11) is 0. The van der Waals surface area contributed by atoms with Crippen LogP contribution in [0.1, 0.15) is 0 Å². The monoisotopic (exact) mass is 311 g/mol. The predicted octanol–water partition coefficient (Wildman–Crippen LogP) is 4.68. The van der Waals surface area contributed by atoms with E-state index in [1.54, 1.807) is 6.07 Å². The summed E-state index contributed by atoms with van der Waals surface area (Å²) < 4.78 is 0.922. The van der Waals surface area contributed by atoms with Crippen LogP contribution in [0.15, 0.2) is 46.9 Å². The van der Waals surface area contributed by atoms with Crippen LogP contribution in [-0.2, 0) is 0 Å². The zero-order chi connectivity index (χ0) is 12.4. The standard InChI is InChI=1S/C12H7BrClNO2/c13-9-3-1-8(2-4-9)11-7-10(14)5-6-12(11)15(16)17/h1-7H. The summed E-state index contributed by atoms with van der Waals surface area (Å²) in [6.07, 6.45) is 0. The molecule has 0 aliphatic rings. The summed E-state index contributed by atoms with van der Waals surface area (Å²) in [5, 5.41) is 11.4. The quantitative estimate of drug-likeness (QED) is 0.597. The maximum Gasteiger partial charge on any atom is 0.277 e. The Bertz CT molecular complexity index is 569. The number of halogens is 2. The summed E-state index contributed by atoms with van der Waals surface area (Å²) in [5.41, 5.74) is 1.34. The minimum atomic E-state index is -0.409. The molecule has 0 fully saturated rings. The van der Waals surface area contributed by atoms with Gasteiger partial charge in [-0.15, -0.1) is 0 Å². The van der Waals surface area contributed by atoms with Crippen molar-refractivity contribution in [3.05, 3.63) is 62.1 Å². The Morgan fingerprint density at radius 2 is 1.76 bits per heavy atom. The van der Waals surface area contributed by atoms with Crippen LogP contribution in [0.25, 0.3) is 11.1 Å². The average Bonchev–Trinajstić information content (AvgIpc) is 2.29. The number of nitro groups is 1. The molecule has 0 aromatic heterocycles. The van der Waals surface area contributed by atoms with Gasteiger partial charge in [-0.2, -0.15) is 0 Å². The van der Waals surface area contributed by atoms with E-state index in [9.17, 15) is 10.1 Å². The van der Waals surface area contributed by atoms with E-state index in [1.807, 2.05) is 24.3 Å². The van der Waals surface area contributed by atoms with Crippen molar-refractivity contribution >= 4 is 33.2 Å². The van der Waals surface area contributed by atoms with Crippen LogP contribution < -0.4 is 0 Å². The van der Waals surface area contributed by atoms with E-state index in [0.29, 0.717) is 10.6 Å². The molecular formula is C12H7BrClNO2. The molecule has 0 unspecified atom stereocenters. The fraction of sp³-hybridized carbons (Fsp3) is 0. The van der Waals surface area contributed by atoms with Gasteiger partial charge >= 0.3 is 0 Å². The fourth-order valence-electron chi connectivity index (χ4n) is 1.53. The van der Waals surface area contributed by atoms with Crippen molar-refractivity contribution in [2.75, 3.05) is 0 Å². The number of hydrogen-bond donors (Lipinski definition) is 0. The summed E-state index contributed by atoms with van der Waals surface area (Å²) in [6, 6.07) is 11.8. The maximum absolute atomic E-state index is 10.9. The lowest BCUT2D eigenvalue weighted by Gasteiger charge is -2.04. The number of rotatable bonds is 2. The van der Waals surface area contributed by atoms with Gasteiger partial charge in [0, 0.05) is 15.6 Å². The summed E-state index contributed by atoms with van der Waals surface area (Å²) in [4.78, 5) is 10.5. The second-order valence-electron chi connectivity index (χ2n) is 3.43. The molecule has 0 saturated carbocycles. The van der Waals surface area contributed by atoms with Crippen molar-refractivity contribution in [2.45, 2.75) is 0 Å². The smallest absolute Gasteiger partial charge is 0.258 e. The van der Waals surface area contributed by atoms with Crippen molar-refractivity contribution < 1.29 is 4.92 Å². The van der Waals surface area contributed by atoms with Gasteiger partial charge in [-0.1, -0.05) is 39.7 Å². The molecule has 0 heterocycles. The molecule has 2 rings (SSSR count). The highest BCUT2D eigenvalue weighted by atomic mass is 79.9. The first kappa shape index (κ1) is 12.1. The molecule has 17 heavy (non-hydrogen) atoms. The minimum absolute atomic E-state index is 0.0525. The Morgan fingerprint density at radius 3 is 2.35 bits per heavy atom. The molecule has 0 spiro atoms. The van der Waals surface area contributed by atoms with E-state index >= 15 is 0 Å².